The lowest BCUT2D eigenvalue weighted by Gasteiger charge is -2.18. The van der Waals surface area contributed by atoms with Crippen LogP contribution in [0.3, 0.4) is 0 Å². The molecular formula is C28H23NO6. The molecule has 3 aromatic rings. The van der Waals surface area contributed by atoms with E-state index in [1.54, 1.807) is 54.6 Å². The zero-order valence-corrected chi connectivity index (χ0v) is 19.2. The van der Waals surface area contributed by atoms with Crippen molar-refractivity contribution in [2.45, 2.75) is 20.0 Å². The van der Waals surface area contributed by atoms with Crippen molar-refractivity contribution in [3.8, 4) is 5.75 Å². The van der Waals surface area contributed by atoms with Crippen molar-refractivity contribution in [2.24, 2.45) is 0 Å². The van der Waals surface area contributed by atoms with Gasteiger partial charge in [-0.25, -0.2) is 4.79 Å². The lowest BCUT2D eigenvalue weighted by Crippen LogP contribution is -2.29. The van der Waals surface area contributed by atoms with Crippen molar-refractivity contribution >= 4 is 35.2 Å². The molecule has 1 amide bonds. The summed E-state index contributed by atoms with van der Waals surface area (Å²) in [6.07, 6.45) is 1.73. The summed E-state index contributed by atoms with van der Waals surface area (Å²) in [4.78, 5) is 50.3. The number of amides is 1. The number of carbonyl (C=O) groups is 4. The van der Waals surface area contributed by atoms with E-state index in [0.717, 1.165) is 11.3 Å². The Hall–Kier alpha value is -4.52. The molecule has 1 unspecified atom stereocenters. The topological polar surface area (TPSA) is 98.8 Å². The van der Waals surface area contributed by atoms with E-state index in [9.17, 15) is 19.2 Å². The fourth-order valence-corrected chi connectivity index (χ4v) is 3.69. The Labute approximate surface area is 202 Å². The largest absolute Gasteiger partial charge is 0.494 e. The SMILES string of the molecule is CCOc1ccc(/C=C/C(=O)OC(C)C(=O)Nc2ccc3c(c2)C(=O)c2ccccc2C3=O)cc1. The number of anilines is 1. The molecule has 0 aromatic heterocycles. The van der Waals surface area contributed by atoms with Gasteiger partial charge in [-0.1, -0.05) is 36.4 Å². The van der Waals surface area contributed by atoms with Gasteiger partial charge in [0.1, 0.15) is 5.75 Å². The maximum absolute atomic E-state index is 12.9. The molecule has 1 atom stereocenters. The lowest BCUT2D eigenvalue weighted by atomic mass is 9.84. The number of rotatable bonds is 7. The van der Waals surface area contributed by atoms with Crippen LogP contribution in [0.4, 0.5) is 5.69 Å². The zero-order chi connectivity index (χ0) is 24.9. The van der Waals surface area contributed by atoms with Gasteiger partial charge < -0.3 is 14.8 Å². The highest BCUT2D eigenvalue weighted by atomic mass is 16.5. The van der Waals surface area contributed by atoms with E-state index in [1.807, 2.05) is 6.92 Å². The van der Waals surface area contributed by atoms with E-state index in [2.05, 4.69) is 5.32 Å². The Morgan fingerprint density at radius 1 is 0.886 bits per heavy atom. The molecule has 0 heterocycles. The summed E-state index contributed by atoms with van der Waals surface area (Å²) in [5, 5.41) is 2.63. The third kappa shape index (κ3) is 5.19. The molecule has 0 saturated carbocycles. The molecule has 1 N–H and O–H groups in total. The molecule has 0 fully saturated rings. The number of ether oxygens (including phenoxy) is 2. The molecule has 0 aliphatic heterocycles. The number of carbonyl (C=O) groups excluding carboxylic acids is 4. The van der Waals surface area contributed by atoms with E-state index in [-0.39, 0.29) is 22.7 Å². The maximum atomic E-state index is 12.9. The van der Waals surface area contributed by atoms with Gasteiger partial charge in [-0.2, -0.15) is 0 Å². The number of hydrogen-bond donors (Lipinski definition) is 1. The van der Waals surface area contributed by atoms with Crippen molar-refractivity contribution in [3.63, 3.8) is 0 Å². The first-order chi connectivity index (χ1) is 16.9. The summed E-state index contributed by atoms with van der Waals surface area (Å²) in [6, 6.07) is 18.3. The van der Waals surface area contributed by atoms with Crippen molar-refractivity contribution < 1.29 is 28.7 Å². The predicted octanol–water partition coefficient (Wildman–Crippen LogP) is 4.44. The lowest BCUT2D eigenvalue weighted by molar-refractivity contribution is -0.148. The second-order valence-electron chi connectivity index (χ2n) is 7.87. The maximum Gasteiger partial charge on any atom is 0.331 e. The molecule has 35 heavy (non-hydrogen) atoms. The average molecular weight is 469 g/mol. The first-order valence-electron chi connectivity index (χ1n) is 11.1. The summed E-state index contributed by atoms with van der Waals surface area (Å²) in [5.74, 6) is -1.04. The van der Waals surface area contributed by atoms with E-state index >= 15 is 0 Å². The van der Waals surface area contributed by atoms with Crippen LogP contribution in [0.5, 0.6) is 5.75 Å². The predicted molar refractivity (Wildman–Crippen MR) is 131 cm³/mol. The van der Waals surface area contributed by atoms with Crippen LogP contribution in [0.15, 0.2) is 72.8 Å². The highest BCUT2D eigenvalue weighted by molar-refractivity contribution is 6.28. The van der Waals surface area contributed by atoms with Crippen LogP contribution in [-0.4, -0.2) is 36.2 Å². The molecule has 0 spiro atoms. The Balaban J connectivity index is 1.38. The molecule has 0 radical (unpaired) electrons. The number of ketones is 2. The molecule has 7 heteroatoms. The molecular weight excluding hydrogens is 446 g/mol. The molecule has 1 aliphatic carbocycles. The van der Waals surface area contributed by atoms with Gasteiger partial charge >= 0.3 is 5.97 Å². The second kappa shape index (κ2) is 10.2. The van der Waals surface area contributed by atoms with E-state index in [0.29, 0.717) is 23.4 Å². The van der Waals surface area contributed by atoms with Gasteiger partial charge in [-0.3, -0.25) is 14.4 Å². The zero-order valence-electron chi connectivity index (χ0n) is 19.2. The van der Waals surface area contributed by atoms with Crippen LogP contribution in [0, 0.1) is 0 Å². The van der Waals surface area contributed by atoms with Crippen LogP contribution in [0.2, 0.25) is 0 Å². The first kappa shape index (κ1) is 23.6. The van der Waals surface area contributed by atoms with Crippen molar-refractivity contribution in [1.29, 1.82) is 0 Å². The van der Waals surface area contributed by atoms with Crippen molar-refractivity contribution in [1.82, 2.24) is 0 Å². The standard InChI is InChI=1S/C28H23NO6/c1-3-34-20-12-8-18(9-13-20)10-15-25(30)35-17(2)28(33)29-19-11-14-23-24(16-19)27(32)22-7-5-4-6-21(22)26(23)31/h4-17H,3H2,1-2H3,(H,29,33)/b15-10+. The highest BCUT2D eigenvalue weighted by Gasteiger charge is 2.29. The average Bonchev–Trinajstić information content (AvgIpc) is 2.87. The van der Waals surface area contributed by atoms with Gasteiger partial charge in [0, 0.05) is 34.0 Å². The number of nitrogens with one attached hydrogen (secondary N) is 1. The van der Waals surface area contributed by atoms with Crippen LogP contribution in [0.25, 0.3) is 6.08 Å². The monoisotopic (exact) mass is 469 g/mol. The van der Waals surface area contributed by atoms with E-state index < -0.39 is 18.0 Å². The molecule has 4 rings (SSSR count). The summed E-state index contributed by atoms with van der Waals surface area (Å²) in [5.41, 5.74) is 2.29. The Bertz CT molecular complexity index is 1340. The van der Waals surface area contributed by atoms with Gasteiger partial charge in [-0.05, 0) is 55.8 Å². The van der Waals surface area contributed by atoms with Crippen molar-refractivity contribution in [2.75, 3.05) is 11.9 Å². The summed E-state index contributed by atoms with van der Waals surface area (Å²) in [7, 11) is 0. The molecule has 3 aromatic carbocycles. The Morgan fingerprint density at radius 3 is 2.17 bits per heavy atom. The number of hydrogen-bond acceptors (Lipinski definition) is 6. The quantitative estimate of drug-likeness (QED) is 0.317. The molecule has 0 saturated heterocycles. The summed E-state index contributed by atoms with van der Waals surface area (Å²) in [6.45, 7) is 3.91. The Kier molecular flexibility index (Phi) is 6.87. The van der Waals surface area contributed by atoms with Crippen LogP contribution < -0.4 is 10.1 Å². The highest BCUT2D eigenvalue weighted by Crippen LogP contribution is 2.29. The van der Waals surface area contributed by atoms with Gasteiger partial charge in [-0.15, -0.1) is 0 Å². The minimum absolute atomic E-state index is 0.217. The van der Waals surface area contributed by atoms with Gasteiger partial charge in [0.25, 0.3) is 5.91 Å². The number of esters is 1. The van der Waals surface area contributed by atoms with Crippen molar-refractivity contribution in [3.05, 3.63) is 101 Å². The normalized spacial score (nSPS) is 13.1. The first-order valence-corrected chi connectivity index (χ1v) is 11.1. The van der Waals surface area contributed by atoms with E-state index in [4.69, 9.17) is 9.47 Å². The van der Waals surface area contributed by atoms with Crippen LogP contribution in [-0.2, 0) is 14.3 Å². The van der Waals surface area contributed by atoms with Gasteiger partial charge in [0.2, 0.25) is 0 Å². The summed E-state index contributed by atoms with van der Waals surface area (Å²) < 4.78 is 10.6. The molecule has 1 aliphatic rings. The molecule has 0 bridgehead atoms. The molecule has 7 nitrogen and oxygen atoms in total. The third-order valence-electron chi connectivity index (χ3n) is 5.46. The molecule has 176 valence electrons. The van der Waals surface area contributed by atoms with Crippen LogP contribution in [0.1, 0.15) is 51.3 Å². The minimum Gasteiger partial charge on any atom is -0.494 e. The smallest absolute Gasteiger partial charge is 0.331 e. The van der Waals surface area contributed by atoms with Gasteiger partial charge in [0.05, 0.1) is 6.61 Å². The fourth-order valence-electron chi connectivity index (χ4n) is 3.69. The third-order valence-corrected chi connectivity index (χ3v) is 5.46. The van der Waals surface area contributed by atoms with Crippen LogP contribution >= 0.6 is 0 Å². The number of benzene rings is 3. The van der Waals surface area contributed by atoms with E-state index in [1.165, 1.54) is 31.2 Å². The Morgan fingerprint density at radius 2 is 1.51 bits per heavy atom. The number of fused-ring (bicyclic) bond motifs is 2. The summed E-state index contributed by atoms with van der Waals surface area (Å²) >= 11 is 0. The second-order valence-corrected chi connectivity index (χ2v) is 7.87. The minimum atomic E-state index is -1.08. The van der Waals surface area contributed by atoms with Gasteiger partial charge in [0.15, 0.2) is 17.7 Å². The fraction of sp³-hybridized carbons (Fsp3) is 0.143.